The van der Waals surface area contributed by atoms with Crippen molar-refractivity contribution in [3.8, 4) is 11.4 Å². The number of hydrogen-bond acceptors (Lipinski definition) is 6. The summed E-state index contributed by atoms with van der Waals surface area (Å²) in [6.07, 6.45) is 8.44. The van der Waals surface area contributed by atoms with Gasteiger partial charge in [0.05, 0.1) is 24.1 Å². The fourth-order valence-corrected chi connectivity index (χ4v) is 3.39. The first kappa shape index (κ1) is 18.2. The van der Waals surface area contributed by atoms with E-state index >= 15 is 0 Å². The molecule has 1 saturated heterocycles. The molecule has 0 bridgehead atoms. The van der Waals surface area contributed by atoms with Gasteiger partial charge in [0.2, 0.25) is 5.95 Å². The normalized spacial score (nSPS) is 14.1. The number of carbonyl (C=O) groups is 1. The van der Waals surface area contributed by atoms with Gasteiger partial charge in [-0.1, -0.05) is 6.07 Å². The number of pyridine rings is 1. The summed E-state index contributed by atoms with van der Waals surface area (Å²) in [7, 11) is 1.74. The summed E-state index contributed by atoms with van der Waals surface area (Å²) in [6, 6.07) is 9.26. The Morgan fingerprint density at radius 3 is 2.71 bits per heavy atom. The molecule has 0 aromatic carbocycles. The first-order chi connectivity index (χ1) is 13.7. The number of furan rings is 1. The van der Waals surface area contributed by atoms with Crippen LogP contribution in [0.4, 0.5) is 5.95 Å². The number of carbonyl (C=O) groups excluding carboxylic acids is 1. The lowest BCUT2D eigenvalue weighted by atomic mass is 10.1. The van der Waals surface area contributed by atoms with Crippen molar-refractivity contribution in [2.24, 2.45) is 0 Å². The Balaban J connectivity index is 1.68. The first-order valence-electron chi connectivity index (χ1n) is 9.53. The lowest BCUT2D eigenvalue weighted by Crippen LogP contribution is -2.32. The Kier molecular flexibility index (Phi) is 5.32. The summed E-state index contributed by atoms with van der Waals surface area (Å²) in [5.74, 6) is 1.22. The molecule has 4 heterocycles. The van der Waals surface area contributed by atoms with Crippen molar-refractivity contribution in [3.05, 3.63) is 60.3 Å². The zero-order valence-corrected chi connectivity index (χ0v) is 15.9. The molecule has 0 spiro atoms. The predicted molar refractivity (Wildman–Crippen MR) is 106 cm³/mol. The number of piperidine rings is 1. The molecule has 7 nitrogen and oxygen atoms in total. The fourth-order valence-electron chi connectivity index (χ4n) is 3.39. The molecule has 0 unspecified atom stereocenters. The minimum atomic E-state index is -0.165. The van der Waals surface area contributed by atoms with Gasteiger partial charge >= 0.3 is 0 Å². The van der Waals surface area contributed by atoms with Crippen LogP contribution in [0.5, 0.6) is 0 Å². The summed E-state index contributed by atoms with van der Waals surface area (Å²) in [4.78, 5) is 30.6. The van der Waals surface area contributed by atoms with E-state index in [4.69, 9.17) is 9.40 Å². The Bertz CT molecular complexity index is 921. The third kappa shape index (κ3) is 3.88. The van der Waals surface area contributed by atoms with Crippen LogP contribution in [0.2, 0.25) is 0 Å². The number of nitrogens with zero attached hydrogens (tertiary/aromatic N) is 5. The lowest BCUT2D eigenvalue weighted by molar-refractivity contribution is 0.0775. The van der Waals surface area contributed by atoms with Crippen LogP contribution in [0, 0.1) is 0 Å². The molecule has 0 aliphatic carbocycles. The van der Waals surface area contributed by atoms with E-state index < -0.39 is 0 Å². The predicted octanol–water partition coefficient (Wildman–Crippen LogP) is 3.39. The van der Waals surface area contributed by atoms with Gasteiger partial charge in [-0.15, -0.1) is 0 Å². The largest absolute Gasteiger partial charge is 0.467 e. The molecule has 4 rings (SSSR count). The molecule has 0 radical (unpaired) electrons. The van der Waals surface area contributed by atoms with Crippen molar-refractivity contribution in [2.75, 3.05) is 25.0 Å². The highest BCUT2D eigenvalue weighted by Gasteiger charge is 2.23. The maximum atomic E-state index is 13.1. The number of amides is 1. The van der Waals surface area contributed by atoms with Gasteiger partial charge in [0.25, 0.3) is 5.91 Å². The second-order valence-electron chi connectivity index (χ2n) is 6.94. The Hall–Kier alpha value is -3.22. The van der Waals surface area contributed by atoms with Gasteiger partial charge in [0.1, 0.15) is 11.5 Å². The third-order valence-electron chi connectivity index (χ3n) is 4.87. The van der Waals surface area contributed by atoms with Gasteiger partial charge in [-0.25, -0.2) is 9.97 Å². The van der Waals surface area contributed by atoms with Gasteiger partial charge < -0.3 is 14.2 Å². The summed E-state index contributed by atoms with van der Waals surface area (Å²) in [5.41, 5.74) is 1.67. The van der Waals surface area contributed by atoms with Crippen LogP contribution in [0.15, 0.2) is 53.4 Å². The van der Waals surface area contributed by atoms with Crippen LogP contribution >= 0.6 is 0 Å². The van der Waals surface area contributed by atoms with Gasteiger partial charge in [-0.3, -0.25) is 9.78 Å². The number of rotatable bonds is 5. The molecule has 0 atom stereocenters. The minimum absolute atomic E-state index is 0.165. The SMILES string of the molecule is CN(Cc1ccco1)C(=O)c1cnc(N2CCCCC2)nc1-c1ccccn1. The molecule has 3 aromatic rings. The van der Waals surface area contributed by atoms with Crippen LogP contribution < -0.4 is 4.90 Å². The Morgan fingerprint density at radius 1 is 1.14 bits per heavy atom. The van der Waals surface area contributed by atoms with Gasteiger partial charge in [0, 0.05) is 32.5 Å². The highest BCUT2D eigenvalue weighted by atomic mass is 16.3. The number of anilines is 1. The van der Waals surface area contributed by atoms with Crippen LogP contribution in [-0.4, -0.2) is 45.9 Å². The molecule has 0 N–H and O–H groups in total. The van der Waals surface area contributed by atoms with Crippen molar-refractivity contribution in [3.63, 3.8) is 0 Å². The first-order valence-corrected chi connectivity index (χ1v) is 9.53. The summed E-state index contributed by atoms with van der Waals surface area (Å²) in [5, 5.41) is 0. The standard InChI is InChI=1S/C21H23N5O2/c1-25(15-16-8-7-13-28-16)20(27)17-14-23-21(26-11-5-2-6-12-26)24-19(17)18-9-3-4-10-22-18/h3-4,7-10,13-14H,2,5-6,11-12,15H2,1H3. The van der Waals surface area contributed by atoms with E-state index in [1.165, 1.54) is 6.42 Å². The summed E-state index contributed by atoms with van der Waals surface area (Å²) in [6.45, 7) is 2.25. The highest BCUT2D eigenvalue weighted by Crippen LogP contribution is 2.24. The van der Waals surface area contributed by atoms with Crippen molar-refractivity contribution >= 4 is 11.9 Å². The van der Waals surface area contributed by atoms with E-state index in [1.807, 2.05) is 30.3 Å². The quantitative estimate of drug-likeness (QED) is 0.678. The molecule has 28 heavy (non-hydrogen) atoms. The third-order valence-corrected chi connectivity index (χ3v) is 4.87. The van der Waals surface area contributed by atoms with Gasteiger partial charge in [0.15, 0.2) is 0 Å². The topological polar surface area (TPSA) is 75.4 Å². The molecule has 3 aromatic heterocycles. The van der Waals surface area contributed by atoms with Crippen molar-refractivity contribution < 1.29 is 9.21 Å². The lowest BCUT2D eigenvalue weighted by Gasteiger charge is -2.27. The molecular weight excluding hydrogens is 354 g/mol. The number of hydrogen-bond donors (Lipinski definition) is 0. The molecule has 1 aliphatic heterocycles. The maximum Gasteiger partial charge on any atom is 0.257 e. The van der Waals surface area contributed by atoms with Gasteiger partial charge in [-0.05, 0) is 43.5 Å². The van der Waals surface area contributed by atoms with E-state index in [1.54, 1.807) is 30.6 Å². The Labute approximate surface area is 164 Å². The van der Waals surface area contributed by atoms with Gasteiger partial charge in [-0.2, -0.15) is 0 Å². The van der Waals surface area contributed by atoms with Crippen LogP contribution in [-0.2, 0) is 6.54 Å². The molecule has 7 heteroatoms. The molecule has 144 valence electrons. The zero-order chi connectivity index (χ0) is 19.3. The van der Waals surface area contributed by atoms with Crippen LogP contribution in [0.25, 0.3) is 11.4 Å². The van der Waals surface area contributed by atoms with Crippen LogP contribution in [0.3, 0.4) is 0 Å². The van der Waals surface area contributed by atoms with E-state index in [9.17, 15) is 4.79 Å². The Morgan fingerprint density at radius 2 is 2.00 bits per heavy atom. The average molecular weight is 377 g/mol. The summed E-state index contributed by atoms with van der Waals surface area (Å²) >= 11 is 0. The highest BCUT2D eigenvalue weighted by molar-refractivity contribution is 5.99. The zero-order valence-electron chi connectivity index (χ0n) is 15.9. The van der Waals surface area contributed by atoms with Crippen molar-refractivity contribution in [1.29, 1.82) is 0 Å². The smallest absolute Gasteiger partial charge is 0.257 e. The monoisotopic (exact) mass is 377 g/mol. The molecular formula is C21H23N5O2. The van der Waals surface area contributed by atoms with E-state index in [-0.39, 0.29) is 5.91 Å². The van der Waals surface area contributed by atoms with Crippen molar-refractivity contribution in [1.82, 2.24) is 19.9 Å². The molecule has 1 amide bonds. The molecule has 1 aliphatic rings. The number of aromatic nitrogens is 3. The average Bonchev–Trinajstić information content (AvgIpc) is 3.27. The van der Waals surface area contributed by atoms with E-state index in [0.717, 1.165) is 31.7 Å². The maximum absolute atomic E-state index is 13.1. The second kappa shape index (κ2) is 8.21. The van der Waals surface area contributed by atoms with E-state index in [2.05, 4.69) is 14.9 Å². The fraction of sp³-hybridized carbons (Fsp3) is 0.333. The van der Waals surface area contributed by atoms with Crippen molar-refractivity contribution in [2.45, 2.75) is 25.8 Å². The van der Waals surface area contributed by atoms with Crippen LogP contribution in [0.1, 0.15) is 35.4 Å². The summed E-state index contributed by atoms with van der Waals surface area (Å²) < 4.78 is 5.36. The van der Waals surface area contributed by atoms with E-state index in [0.29, 0.717) is 29.4 Å². The minimum Gasteiger partial charge on any atom is -0.467 e. The molecule has 1 fully saturated rings. The second-order valence-corrected chi connectivity index (χ2v) is 6.94. The molecule has 0 saturated carbocycles.